The normalized spacial score (nSPS) is 37.3. The summed E-state index contributed by atoms with van der Waals surface area (Å²) in [5.41, 5.74) is 0. The second-order valence-electron chi connectivity index (χ2n) is 7.28. The van der Waals surface area contributed by atoms with Gasteiger partial charge < -0.3 is 5.32 Å². The van der Waals surface area contributed by atoms with E-state index in [1.165, 1.54) is 37.2 Å². The van der Waals surface area contributed by atoms with Gasteiger partial charge in [-0.1, -0.05) is 6.42 Å². The molecule has 4 nitrogen and oxygen atoms in total. The second-order valence-corrected chi connectivity index (χ2v) is 8.27. The molecule has 1 N–H and O–H groups in total. The Labute approximate surface area is 138 Å². The molecule has 0 unspecified atom stereocenters. The Kier molecular flexibility index (Phi) is 5.35. The monoisotopic (exact) mass is 326 g/mol. The third-order valence-corrected chi connectivity index (χ3v) is 6.98. The number of carbonyl (C=O) groups excluding carboxylic acids is 1. The lowest BCUT2D eigenvalue weighted by Gasteiger charge is -2.35. The van der Waals surface area contributed by atoms with Gasteiger partial charge in [0.05, 0.1) is 13.2 Å². The number of hydroxylamine groups is 2. The van der Waals surface area contributed by atoms with Crippen LogP contribution in [0.15, 0.2) is 0 Å². The third-order valence-electron chi connectivity index (χ3n) is 6.34. The van der Waals surface area contributed by atoms with Gasteiger partial charge in [0.15, 0.2) is 0 Å². The van der Waals surface area contributed by atoms with Crippen LogP contribution in [-0.4, -0.2) is 49.2 Å². The maximum Gasteiger partial charge on any atom is 0.262 e. The maximum atomic E-state index is 12.5. The molecular weight excluding hydrogens is 296 g/mol. The molecule has 0 aromatic heterocycles. The minimum absolute atomic E-state index is 0.0716. The van der Waals surface area contributed by atoms with Crippen molar-refractivity contribution in [3.63, 3.8) is 0 Å². The van der Waals surface area contributed by atoms with Crippen molar-refractivity contribution in [3.05, 3.63) is 0 Å². The lowest BCUT2D eigenvalue weighted by Crippen LogP contribution is -2.51. The largest absolute Gasteiger partial charge is 0.303 e. The number of carbonyl (C=O) groups is 1. The fraction of sp³-hybridized carbons (Fsp3) is 0.941. The van der Waals surface area contributed by atoms with Crippen molar-refractivity contribution in [3.8, 4) is 0 Å². The van der Waals surface area contributed by atoms with Gasteiger partial charge in [0.25, 0.3) is 5.91 Å². The van der Waals surface area contributed by atoms with Crippen LogP contribution in [0.1, 0.15) is 38.5 Å². The molecule has 0 radical (unpaired) electrons. The molecule has 3 saturated carbocycles. The molecule has 0 aromatic carbocycles. The molecule has 0 aliphatic heterocycles. The van der Waals surface area contributed by atoms with E-state index in [0.717, 1.165) is 35.8 Å². The van der Waals surface area contributed by atoms with E-state index in [1.54, 1.807) is 25.9 Å². The van der Waals surface area contributed by atoms with E-state index < -0.39 is 0 Å². The van der Waals surface area contributed by atoms with Gasteiger partial charge in [0.2, 0.25) is 0 Å². The van der Waals surface area contributed by atoms with Crippen LogP contribution in [0, 0.1) is 23.7 Å². The van der Waals surface area contributed by atoms with Crippen LogP contribution in [0.5, 0.6) is 0 Å². The number of rotatable bonds is 7. The SMILES string of the molecule is CON(C)C(=O)[C@H](CCSC)N[C@@H]1C[C@H]2C[C@H]1[C@@H]1CCC[C@H]21. The van der Waals surface area contributed by atoms with Gasteiger partial charge in [0.1, 0.15) is 0 Å². The van der Waals surface area contributed by atoms with Crippen molar-refractivity contribution in [2.75, 3.05) is 26.2 Å². The van der Waals surface area contributed by atoms with Crippen molar-refractivity contribution < 1.29 is 9.63 Å². The smallest absolute Gasteiger partial charge is 0.262 e. The maximum absolute atomic E-state index is 12.5. The van der Waals surface area contributed by atoms with Gasteiger partial charge in [-0.05, 0) is 67.8 Å². The molecule has 126 valence electrons. The average Bonchev–Trinajstić information content (AvgIpc) is 3.21. The number of nitrogens with zero attached hydrogens (tertiary/aromatic N) is 1. The van der Waals surface area contributed by atoms with E-state index in [2.05, 4.69) is 11.6 Å². The lowest BCUT2D eigenvalue weighted by molar-refractivity contribution is -0.171. The van der Waals surface area contributed by atoms with Crippen LogP contribution in [0.3, 0.4) is 0 Å². The minimum Gasteiger partial charge on any atom is -0.303 e. The van der Waals surface area contributed by atoms with Gasteiger partial charge in [-0.2, -0.15) is 11.8 Å². The molecule has 1 amide bonds. The van der Waals surface area contributed by atoms with Crippen LogP contribution < -0.4 is 5.32 Å². The molecule has 5 heteroatoms. The highest BCUT2D eigenvalue weighted by molar-refractivity contribution is 7.98. The van der Waals surface area contributed by atoms with Gasteiger partial charge >= 0.3 is 0 Å². The molecule has 3 aliphatic carbocycles. The standard InChI is InChI=1S/C17H30N2O2S/c1-19(21-2)17(20)15(7-8-22-3)18-16-10-11-9-14(16)13-6-4-5-12(11)13/h11-16,18H,4-10H2,1-3H3/t11-,12-,13-,14+,15+,16-/m1/s1. The van der Waals surface area contributed by atoms with Crippen LogP contribution in [0.25, 0.3) is 0 Å². The zero-order chi connectivity index (χ0) is 15.7. The Morgan fingerprint density at radius 3 is 2.82 bits per heavy atom. The van der Waals surface area contributed by atoms with Crippen LogP contribution in [0.4, 0.5) is 0 Å². The molecule has 0 saturated heterocycles. The summed E-state index contributed by atoms with van der Waals surface area (Å²) >= 11 is 1.80. The number of likely N-dealkylation sites (N-methyl/N-ethyl adjacent to an activating group) is 1. The summed E-state index contributed by atoms with van der Waals surface area (Å²) in [4.78, 5) is 17.6. The topological polar surface area (TPSA) is 41.6 Å². The van der Waals surface area contributed by atoms with E-state index in [4.69, 9.17) is 4.84 Å². The zero-order valence-corrected chi connectivity index (χ0v) is 14.9. The molecule has 3 fully saturated rings. The van der Waals surface area contributed by atoms with Crippen LogP contribution in [0.2, 0.25) is 0 Å². The first-order valence-electron chi connectivity index (χ1n) is 8.72. The molecule has 0 heterocycles. The first-order chi connectivity index (χ1) is 10.7. The summed E-state index contributed by atoms with van der Waals surface area (Å²) in [6, 6.07) is 0.451. The number of hydrogen-bond acceptors (Lipinski definition) is 4. The van der Waals surface area contributed by atoms with E-state index in [-0.39, 0.29) is 11.9 Å². The first-order valence-corrected chi connectivity index (χ1v) is 10.1. The fourth-order valence-corrected chi connectivity index (χ4v) is 5.81. The van der Waals surface area contributed by atoms with Gasteiger partial charge in [0, 0.05) is 13.1 Å². The molecule has 2 bridgehead atoms. The first kappa shape index (κ1) is 16.6. The number of amides is 1. The Balaban J connectivity index is 1.62. The van der Waals surface area contributed by atoms with Crippen molar-refractivity contribution in [1.82, 2.24) is 10.4 Å². The predicted octanol–water partition coefficient (Wildman–Crippen LogP) is 2.54. The van der Waals surface area contributed by atoms with E-state index >= 15 is 0 Å². The predicted molar refractivity (Wildman–Crippen MR) is 90.5 cm³/mol. The molecule has 6 atom stereocenters. The van der Waals surface area contributed by atoms with Gasteiger partial charge in [-0.25, -0.2) is 5.06 Å². The highest BCUT2D eigenvalue weighted by Gasteiger charge is 2.54. The van der Waals surface area contributed by atoms with Crippen LogP contribution in [-0.2, 0) is 9.63 Å². The number of thioether (sulfide) groups is 1. The Bertz CT molecular complexity index is 406. The lowest BCUT2D eigenvalue weighted by atomic mass is 9.79. The summed E-state index contributed by atoms with van der Waals surface area (Å²) in [7, 11) is 3.27. The summed E-state index contributed by atoms with van der Waals surface area (Å²) in [5, 5.41) is 5.10. The fourth-order valence-electron chi connectivity index (χ4n) is 5.34. The highest BCUT2D eigenvalue weighted by atomic mass is 32.2. The van der Waals surface area contributed by atoms with E-state index in [0.29, 0.717) is 6.04 Å². The molecule has 0 aromatic rings. The summed E-state index contributed by atoms with van der Waals surface area (Å²) < 4.78 is 0. The molecular formula is C17H30N2O2S. The molecule has 22 heavy (non-hydrogen) atoms. The summed E-state index contributed by atoms with van der Waals surface area (Å²) in [6.07, 6.45) is 9.97. The Morgan fingerprint density at radius 1 is 1.32 bits per heavy atom. The summed E-state index contributed by atoms with van der Waals surface area (Å²) in [6.45, 7) is 0. The van der Waals surface area contributed by atoms with E-state index in [9.17, 15) is 4.79 Å². The quantitative estimate of drug-likeness (QED) is 0.730. The zero-order valence-electron chi connectivity index (χ0n) is 14.1. The molecule has 0 spiro atoms. The van der Waals surface area contributed by atoms with Crippen molar-refractivity contribution in [2.24, 2.45) is 23.7 Å². The van der Waals surface area contributed by atoms with Gasteiger partial charge in [-0.15, -0.1) is 0 Å². The highest BCUT2D eigenvalue weighted by Crippen LogP contribution is 2.58. The van der Waals surface area contributed by atoms with E-state index in [1.807, 2.05) is 0 Å². The number of nitrogens with one attached hydrogen (secondary N) is 1. The van der Waals surface area contributed by atoms with Crippen molar-refractivity contribution >= 4 is 17.7 Å². The van der Waals surface area contributed by atoms with Crippen molar-refractivity contribution in [2.45, 2.75) is 50.6 Å². The minimum atomic E-state index is -0.0957. The third kappa shape index (κ3) is 3.04. The Hall–Kier alpha value is -0.260. The molecule has 3 aliphatic rings. The van der Waals surface area contributed by atoms with Gasteiger partial charge in [-0.3, -0.25) is 9.63 Å². The van der Waals surface area contributed by atoms with Crippen LogP contribution >= 0.6 is 11.8 Å². The molecule has 3 rings (SSSR count). The second kappa shape index (κ2) is 7.10. The average molecular weight is 327 g/mol. The van der Waals surface area contributed by atoms with Crippen molar-refractivity contribution in [1.29, 1.82) is 0 Å². The number of fused-ring (bicyclic) bond motifs is 5. The number of hydrogen-bond donors (Lipinski definition) is 1. The summed E-state index contributed by atoms with van der Waals surface area (Å²) in [5.74, 6) is 4.76. The Morgan fingerprint density at radius 2 is 2.09 bits per heavy atom.